The number of carbonyl (C=O) groups excluding carboxylic acids is 2. The van der Waals surface area contributed by atoms with Gasteiger partial charge >= 0.3 is 0 Å². The van der Waals surface area contributed by atoms with Gasteiger partial charge in [0.1, 0.15) is 18.3 Å². The molecule has 0 bridgehead atoms. The Morgan fingerprint density at radius 1 is 0.975 bits per heavy atom. The van der Waals surface area contributed by atoms with Crippen LogP contribution in [0.15, 0.2) is 78.9 Å². The fourth-order valence-corrected chi connectivity index (χ4v) is 5.22. The molecule has 3 aromatic carbocycles. The standard InChI is InChI=1S/C30H36ClN3O5S/c1-4-5-18-32-30(36)28(20-23-10-7-6-8-11-23)33(21-24-12-9-13-27(19-24)39-2)29(35)22-34(40(3,37)38)26-16-14-25(31)15-17-26/h6-17,19,28H,4-5,18,20-22H2,1-3H3,(H,32,36)/t28-/m0/s1. The first-order valence-corrected chi connectivity index (χ1v) is 15.3. The average Bonchev–Trinajstić information content (AvgIpc) is 2.94. The maximum absolute atomic E-state index is 14.0. The third-order valence-electron chi connectivity index (χ3n) is 6.38. The Bertz CT molecular complexity index is 1370. The molecule has 40 heavy (non-hydrogen) atoms. The number of ether oxygens (including phenoxy) is 1. The molecule has 214 valence electrons. The van der Waals surface area contributed by atoms with Gasteiger partial charge in [0.05, 0.1) is 19.1 Å². The van der Waals surface area contributed by atoms with Crippen molar-refractivity contribution >= 4 is 39.1 Å². The molecule has 0 saturated heterocycles. The number of carbonyl (C=O) groups is 2. The van der Waals surface area contributed by atoms with Gasteiger partial charge in [0.25, 0.3) is 0 Å². The van der Waals surface area contributed by atoms with Crippen LogP contribution in [0.2, 0.25) is 5.02 Å². The molecule has 0 unspecified atom stereocenters. The summed E-state index contributed by atoms with van der Waals surface area (Å²) in [5.74, 6) is -0.212. The normalized spacial score (nSPS) is 11.9. The molecule has 0 fully saturated rings. The third kappa shape index (κ3) is 8.99. The zero-order valence-electron chi connectivity index (χ0n) is 23.0. The van der Waals surface area contributed by atoms with Crippen molar-refractivity contribution in [1.82, 2.24) is 10.2 Å². The number of sulfonamides is 1. The molecule has 0 heterocycles. The summed E-state index contributed by atoms with van der Waals surface area (Å²) in [6.07, 6.45) is 3.00. The number of rotatable bonds is 14. The summed E-state index contributed by atoms with van der Waals surface area (Å²) in [6.45, 7) is 2.09. The summed E-state index contributed by atoms with van der Waals surface area (Å²) in [6, 6.07) is 22.0. The third-order valence-corrected chi connectivity index (χ3v) is 7.77. The van der Waals surface area contributed by atoms with Crippen LogP contribution >= 0.6 is 11.6 Å². The van der Waals surface area contributed by atoms with Crippen molar-refractivity contribution in [1.29, 1.82) is 0 Å². The van der Waals surface area contributed by atoms with E-state index in [4.69, 9.17) is 16.3 Å². The maximum atomic E-state index is 14.0. The zero-order chi connectivity index (χ0) is 29.1. The summed E-state index contributed by atoms with van der Waals surface area (Å²) < 4.78 is 32.0. The highest BCUT2D eigenvalue weighted by atomic mass is 35.5. The van der Waals surface area contributed by atoms with E-state index in [0.717, 1.165) is 34.5 Å². The minimum Gasteiger partial charge on any atom is -0.497 e. The van der Waals surface area contributed by atoms with Gasteiger partial charge in [-0.05, 0) is 53.9 Å². The minimum absolute atomic E-state index is 0.0763. The lowest BCUT2D eigenvalue weighted by Gasteiger charge is -2.33. The Labute approximate surface area is 241 Å². The topological polar surface area (TPSA) is 96.0 Å². The molecule has 10 heteroatoms. The Balaban J connectivity index is 2.04. The van der Waals surface area contributed by atoms with Gasteiger partial charge in [-0.15, -0.1) is 0 Å². The van der Waals surface area contributed by atoms with E-state index in [0.29, 0.717) is 23.0 Å². The van der Waals surface area contributed by atoms with Gasteiger partial charge in [0.2, 0.25) is 21.8 Å². The summed E-state index contributed by atoms with van der Waals surface area (Å²) >= 11 is 6.01. The highest BCUT2D eigenvalue weighted by Crippen LogP contribution is 2.23. The lowest BCUT2D eigenvalue weighted by Crippen LogP contribution is -2.53. The van der Waals surface area contributed by atoms with Crippen LogP contribution in [0, 0.1) is 0 Å². The molecule has 0 radical (unpaired) electrons. The van der Waals surface area contributed by atoms with Gasteiger partial charge in [0, 0.05) is 24.5 Å². The van der Waals surface area contributed by atoms with Gasteiger partial charge in [-0.3, -0.25) is 13.9 Å². The van der Waals surface area contributed by atoms with E-state index in [2.05, 4.69) is 5.32 Å². The molecule has 0 aliphatic rings. The largest absolute Gasteiger partial charge is 0.497 e. The average molecular weight is 586 g/mol. The van der Waals surface area contributed by atoms with Crippen molar-refractivity contribution in [2.24, 2.45) is 0 Å². The van der Waals surface area contributed by atoms with E-state index < -0.39 is 28.5 Å². The predicted octanol–water partition coefficient (Wildman–Crippen LogP) is 4.67. The van der Waals surface area contributed by atoms with Crippen molar-refractivity contribution in [2.45, 2.75) is 38.8 Å². The molecule has 1 atom stereocenters. The number of methoxy groups -OCH3 is 1. The molecule has 1 N–H and O–H groups in total. The van der Waals surface area contributed by atoms with Crippen molar-refractivity contribution < 1.29 is 22.7 Å². The van der Waals surface area contributed by atoms with E-state index in [9.17, 15) is 18.0 Å². The van der Waals surface area contributed by atoms with Crippen LogP contribution in [-0.4, -0.2) is 57.6 Å². The van der Waals surface area contributed by atoms with Gasteiger partial charge in [-0.25, -0.2) is 8.42 Å². The highest BCUT2D eigenvalue weighted by Gasteiger charge is 2.33. The van der Waals surface area contributed by atoms with Crippen molar-refractivity contribution in [3.63, 3.8) is 0 Å². The number of benzene rings is 3. The number of nitrogens with one attached hydrogen (secondary N) is 1. The number of unbranched alkanes of at least 4 members (excludes halogenated alkanes) is 1. The second-order valence-corrected chi connectivity index (χ2v) is 11.8. The molecule has 8 nitrogen and oxygen atoms in total. The second kappa shape index (κ2) is 14.7. The Kier molecular flexibility index (Phi) is 11.4. The molecule has 0 aromatic heterocycles. The van der Waals surface area contributed by atoms with Crippen LogP contribution in [0.1, 0.15) is 30.9 Å². The van der Waals surface area contributed by atoms with E-state index >= 15 is 0 Å². The van der Waals surface area contributed by atoms with Crippen LogP contribution in [0.3, 0.4) is 0 Å². The first-order chi connectivity index (χ1) is 19.1. The molecular weight excluding hydrogens is 550 g/mol. The quantitative estimate of drug-likeness (QED) is 0.277. The number of hydrogen-bond acceptors (Lipinski definition) is 5. The van der Waals surface area contributed by atoms with Crippen LogP contribution in [0.5, 0.6) is 5.75 Å². The van der Waals surface area contributed by atoms with E-state index in [1.165, 1.54) is 4.90 Å². The molecule has 0 aliphatic carbocycles. The fourth-order valence-electron chi connectivity index (χ4n) is 4.25. The van der Waals surface area contributed by atoms with Gasteiger partial charge < -0.3 is 15.0 Å². The second-order valence-electron chi connectivity index (χ2n) is 9.47. The van der Waals surface area contributed by atoms with Crippen LogP contribution < -0.4 is 14.4 Å². The van der Waals surface area contributed by atoms with Crippen molar-refractivity contribution in [3.8, 4) is 5.75 Å². The van der Waals surface area contributed by atoms with Gasteiger partial charge in [-0.1, -0.05) is 67.4 Å². The van der Waals surface area contributed by atoms with Crippen LogP contribution in [0.25, 0.3) is 0 Å². The lowest BCUT2D eigenvalue weighted by molar-refractivity contribution is -0.140. The molecular formula is C30H36ClN3O5S. The molecule has 0 aliphatic heterocycles. The SMILES string of the molecule is CCCCNC(=O)[C@H](Cc1ccccc1)N(Cc1cccc(OC)c1)C(=O)CN(c1ccc(Cl)cc1)S(C)(=O)=O. The summed E-state index contributed by atoms with van der Waals surface area (Å²) in [5.41, 5.74) is 1.91. The smallest absolute Gasteiger partial charge is 0.244 e. The summed E-state index contributed by atoms with van der Waals surface area (Å²) in [5, 5.41) is 3.40. The van der Waals surface area contributed by atoms with Crippen LogP contribution in [0.4, 0.5) is 5.69 Å². The maximum Gasteiger partial charge on any atom is 0.244 e. The number of hydrogen-bond donors (Lipinski definition) is 1. The van der Waals surface area contributed by atoms with E-state index in [1.54, 1.807) is 49.6 Å². The Morgan fingerprint density at radius 3 is 2.27 bits per heavy atom. The summed E-state index contributed by atoms with van der Waals surface area (Å²) in [4.78, 5) is 29.1. The van der Waals surface area contributed by atoms with Crippen molar-refractivity contribution in [3.05, 3.63) is 95.0 Å². The number of amides is 2. The molecule has 0 spiro atoms. The molecule has 3 aromatic rings. The monoisotopic (exact) mass is 585 g/mol. The Hall–Kier alpha value is -3.56. The predicted molar refractivity (Wildman–Crippen MR) is 159 cm³/mol. The van der Waals surface area contributed by atoms with Gasteiger partial charge in [0.15, 0.2) is 0 Å². The van der Waals surface area contributed by atoms with E-state index in [1.807, 2.05) is 43.3 Å². The number of nitrogens with zero attached hydrogens (tertiary/aromatic N) is 2. The Morgan fingerprint density at radius 2 is 1.65 bits per heavy atom. The highest BCUT2D eigenvalue weighted by molar-refractivity contribution is 7.92. The molecule has 0 saturated carbocycles. The molecule has 3 rings (SSSR count). The fraction of sp³-hybridized carbons (Fsp3) is 0.333. The molecule has 2 amide bonds. The van der Waals surface area contributed by atoms with Crippen molar-refractivity contribution in [2.75, 3.05) is 30.8 Å². The van der Waals surface area contributed by atoms with Gasteiger partial charge in [-0.2, -0.15) is 0 Å². The van der Waals surface area contributed by atoms with Crippen LogP contribution in [-0.2, 0) is 32.6 Å². The number of anilines is 1. The van der Waals surface area contributed by atoms with E-state index in [-0.39, 0.29) is 18.9 Å². The minimum atomic E-state index is -3.84. The lowest BCUT2D eigenvalue weighted by atomic mass is 10.0. The first kappa shape index (κ1) is 31.0. The first-order valence-electron chi connectivity index (χ1n) is 13.1. The summed E-state index contributed by atoms with van der Waals surface area (Å²) in [7, 11) is -2.29. The zero-order valence-corrected chi connectivity index (χ0v) is 24.6. The number of halogens is 1.